The molecule has 1 aromatic carbocycles. The average molecular weight is 269 g/mol. The quantitative estimate of drug-likeness (QED) is 0.722. The number of rotatable bonds is 2. The Morgan fingerprint density at radius 2 is 2.00 bits per heavy atom. The maximum atomic E-state index is 12.0. The van der Waals surface area contributed by atoms with E-state index < -0.39 is 0 Å². The van der Waals surface area contributed by atoms with Crippen LogP contribution in [0.2, 0.25) is 5.02 Å². The van der Waals surface area contributed by atoms with Crippen LogP contribution in [0, 0.1) is 5.92 Å². The second-order valence-corrected chi connectivity index (χ2v) is 5.17. The predicted octanol–water partition coefficient (Wildman–Crippen LogP) is 2.50. The second kappa shape index (κ2) is 5.59. The summed E-state index contributed by atoms with van der Waals surface area (Å²) in [6, 6.07) is 4.88. The highest BCUT2D eigenvalue weighted by Gasteiger charge is 2.24. The zero-order valence-corrected chi connectivity index (χ0v) is 10.8. The Morgan fingerprint density at radius 1 is 1.33 bits per heavy atom. The van der Waals surface area contributed by atoms with Crippen LogP contribution in [0.15, 0.2) is 18.2 Å². The van der Waals surface area contributed by atoms with Crippen molar-refractivity contribution >= 4 is 23.2 Å². The van der Waals surface area contributed by atoms with Crippen LogP contribution >= 0.6 is 11.6 Å². The van der Waals surface area contributed by atoms with Gasteiger partial charge in [-0.3, -0.25) is 4.79 Å². The molecule has 1 fully saturated rings. The Kier molecular flexibility index (Phi) is 4.09. The van der Waals surface area contributed by atoms with Crippen LogP contribution in [-0.4, -0.2) is 17.1 Å². The van der Waals surface area contributed by atoms with E-state index in [2.05, 4.69) is 5.32 Å². The van der Waals surface area contributed by atoms with Crippen LogP contribution in [0.3, 0.4) is 0 Å². The topological polar surface area (TPSA) is 75.4 Å². The van der Waals surface area contributed by atoms with Gasteiger partial charge in [0.1, 0.15) is 5.75 Å². The Bertz CT molecular complexity index is 443. The molecule has 4 N–H and O–H groups in total. The number of halogens is 1. The van der Waals surface area contributed by atoms with Crippen LogP contribution < -0.4 is 11.1 Å². The molecule has 0 spiro atoms. The molecule has 0 aromatic heterocycles. The lowest BCUT2D eigenvalue weighted by Crippen LogP contribution is -2.32. The van der Waals surface area contributed by atoms with Gasteiger partial charge in [-0.1, -0.05) is 11.6 Å². The lowest BCUT2D eigenvalue weighted by atomic mass is 9.86. The number of phenols is 1. The minimum atomic E-state index is 0.00339. The van der Waals surface area contributed by atoms with Crippen molar-refractivity contribution in [2.45, 2.75) is 31.7 Å². The van der Waals surface area contributed by atoms with Crippen molar-refractivity contribution in [2.24, 2.45) is 11.7 Å². The second-order valence-electron chi connectivity index (χ2n) is 4.77. The molecule has 0 saturated heterocycles. The molecule has 0 heterocycles. The third-order valence-corrected chi connectivity index (χ3v) is 3.66. The highest BCUT2D eigenvalue weighted by molar-refractivity contribution is 6.32. The van der Waals surface area contributed by atoms with Crippen molar-refractivity contribution in [1.29, 1.82) is 0 Å². The van der Waals surface area contributed by atoms with Gasteiger partial charge in [0, 0.05) is 17.6 Å². The standard InChI is InChI=1S/C13H17ClN2O2/c14-11-7-10(5-6-12(11)17)16-13(18)8-1-3-9(15)4-2-8/h5-9,17H,1-4,15H2,(H,16,18). The first-order valence-electron chi connectivity index (χ1n) is 6.11. The molecule has 0 unspecified atom stereocenters. The summed E-state index contributed by atoms with van der Waals surface area (Å²) in [5, 5.41) is 12.4. The molecule has 0 bridgehead atoms. The zero-order valence-electron chi connectivity index (χ0n) is 10.0. The summed E-state index contributed by atoms with van der Waals surface area (Å²) in [6.45, 7) is 0. The van der Waals surface area contributed by atoms with E-state index in [1.165, 1.54) is 6.07 Å². The van der Waals surface area contributed by atoms with Gasteiger partial charge in [0.05, 0.1) is 5.02 Å². The van der Waals surface area contributed by atoms with E-state index in [9.17, 15) is 9.90 Å². The molecule has 1 saturated carbocycles. The SMILES string of the molecule is NC1CCC(C(=O)Nc2ccc(O)c(Cl)c2)CC1. The van der Waals surface area contributed by atoms with Gasteiger partial charge in [-0.15, -0.1) is 0 Å². The third kappa shape index (κ3) is 3.15. The first kappa shape index (κ1) is 13.2. The number of hydrogen-bond donors (Lipinski definition) is 3. The minimum absolute atomic E-state index is 0.00339. The summed E-state index contributed by atoms with van der Waals surface area (Å²) in [6.07, 6.45) is 3.46. The Labute approximate surface area is 111 Å². The van der Waals surface area contributed by atoms with Crippen molar-refractivity contribution < 1.29 is 9.90 Å². The van der Waals surface area contributed by atoms with E-state index in [4.69, 9.17) is 17.3 Å². The van der Waals surface area contributed by atoms with Crippen molar-refractivity contribution in [3.05, 3.63) is 23.2 Å². The highest BCUT2D eigenvalue weighted by atomic mass is 35.5. The van der Waals surface area contributed by atoms with Crippen molar-refractivity contribution in [3.63, 3.8) is 0 Å². The summed E-state index contributed by atoms with van der Waals surface area (Å²) >= 11 is 5.78. The molecule has 98 valence electrons. The molecule has 0 atom stereocenters. The fourth-order valence-electron chi connectivity index (χ4n) is 2.21. The van der Waals surface area contributed by atoms with E-state index in [0.717, 1.165) is 25.7 Å². The molecule has 0 aliphatic heterocycles. The summed E-state index contributed by atoms with van der Waals surface area (Å²) in [5.74, 6) is 0.0411. The monoisotopic (exact) mass is 268 g/mol. The van der Waals surface area contributed by atoms with Crippen molar-refractivity contribution in [2.75, 3.05) is 5.32 Å². The van der Waals surface area contributed by atoms with Gasteiger partial charge < -0.3 is 16.2 Å². The van der Waals surface area contributed by atoms with Crippen LogP contribution in [-0.2, 0) is 4.79 Å². The number of phenolic OH excluding ortho intramolecular Hbond substituents is 1. The lowest BCUT2D eigenvalue weighted by molar-refractivity contribution is -0.120. The summed E-state index contributed by atoms with van der Waals surface area (Å²) < 4.78 is 0. The average Bonchev–Trinajstić information content (AvgIpc) is 2.34. The van der Waals surface area contributed by atoms with E-state index in [-0.39, 0.29) is 28.6 Å². The lowest BCUT2D eigenvalue weighted by Gasteiger charge is -2.25. The third-order valence-electron chi connectivity index (χ3n) is 3.36. The molecule has 2 rings (SSSR count). The molecule has 1 amide bonds. The van der Waals surface area contributed by atoms with E-state index in [0.29, 0.717) is 5.69 Å². The van der Waals surface area contributed by atoms with Crippen LogP contribution in [0.5, 0.6) is 5.75 Å². The number of aromatic hydroxyl groups is 1. The summed E-state index contributed by atoms with van der Waals surface area (Å²) in [4.78, 5) is 12.0. The van der Waals surface area contributed by atoms with Crippen LogP contribution in [0.4, 0.5) is 5.69 Å². The summed E-state index contributed by atoms with van der Waals surface area (Å²) in [7, 11) is 0. The number of nitrogens with one attached hydrogen (secondary N) is 1. The van der Waals surface area contributed by atoms with Gasteiger partial charge in [-0.2, -0.15) is 0 Å². The van der Waals surface area contributed by atoms with Gasteiger partial charge in [0.15, 0.2) is 0 Å². The van der Waals surface area contributed by atoms with Crippen molar-refractivity contribution in [1.82, 2.24) is 0 Å². The first-order chi connectivity index (χ1) is 8.56. The smallest absolute Gasteiger partial charge is 0.227 e. The van der Waals surface area contributed by atoms with E-state index >= 15 is 0 Å². The molecule has 1 aliphatic rings. The molecular formula is C13H17ClN2O2. The van der Waals surface area contributed by atoms with Gasteiger partial charge in [0.2, 0.25) is 5.91 Å². The van der Waals surface area contributed by atoms with Gasteiger partial charge in [0.25, 0.3) is 0 Å². The van der Waals surface area contributed by atoms with E-state index in [1.807, 2.05) is 0 Å². The maximum absolute atomic E-state index is 12.0. The molecule has 18 heavy (non-hydrogen) atoms. The van der Waals surface area contributed by atoms with Crippen molar-refractivity contribution in [3.8, 4) is 5.75 Å². The van der Waals surface area contributed by atoms with Gasteiger partial charge in [-0.25, -0.2) is 0 Å². The van der Waals surface area contributed by atoms with E-state index in [1.54, 1.807) is 12.1 Å². The van der Waals surface area contributed by atoms with Crippen LogP contribution in [0.25, 0.3) is 0 Å². The number of nitrogens with two attached hydrogens (primary N) is 1. The number of amides is 1. The Hall–Kier alpha value is -1.26. The number of benzene rings is 1. The number of anilines is 1. The predicted molar refractivity (Wildman–Crippen MR) is 71.7 cm³/mol. The minimum Gasteiger partial charge on any atom is -0.506 e. The molecule has 0 radical (unpaired) electrons. The molecule has 1 aromatic rings. The fourth-order valence-corrected chi connectivity index (χ4v) is 2.39. The fraction of sp³-hybridized carbons (Fsp3) is 0.462. The maximum Gasteiger partial charge on any atom is 0.227 e. The Balaban J connectivity index is 1.96. The molecular weight excluding hydrogens is 252 g/mol. The van der Waals surface area contributed by atoms with Gasteiger partial charge >= 0.3 is 0 Å². The normalized spacial score (nSPS) is 23.7. The van der Waals surface area contributed by atoms with Gasteiger partial charge in [-0.05, 0) is 43.9 Å². The highest BCUT2D eigenvalue weighted by Crippen LogP contribution is 2.28. The van der Waals surface area contributed by atoms with Crippen LogP contribution in [0.1, 0.15) is 25.7 Å². The molecule has 4 nitrogen and oxygen atoms in total. The number of carbonyl (C=O) groups excluding carboxylic acids is 1. The molecule has 5 heteroatoms. The zero-order chi connectivity index (χ0) is 13.1. The summed E-state index contributed by atoms with van der Waals surface area (Å²) in [5.41, 5.74) is 6.42. The first-order valence-corrected chi connectivity index (χ1v) is 6.49. The number of hydrogen-bond acceptors (Lipinski definition) is 3. The largest absolute Gasteiger partial charge is 0.506 e. The molecule has 1 aliphatic carbocycles. The Morgan fingerprint density at radius 3 is 2.61 bits per heavy atom. The number of carbonyl (C=O) groups is 1.